The summed E-state index contributed by atoms with van der Waals surface area (Å²) in [7, 11) is 0. The van der Waals surface area contributed by atoms with Gasteiger partial charge in [0.25, 0.3) is 0 Å². The summed E-state index contributed by atoms with van der Waals surface area (Å²) in [5, 5.41) is 0. The molecule has 5 heteroatoms. The molecule has 0 spiro atoms. The van der Waals surface area contributed by atoms with E-state index in [1.165, 1.54) is 11.3 Å². The molecule has 2 aromatic rings. The lowest BCUT2D eigenvalue weighted by molar-refractivity contribution is 0.0526. The fourth-order valence-electron chi connectivity index (χ4n) is 1.24. The van der Waals surface area contributed by atoms with Crippen LogP contribution in [0, 0.1) is 0 Å². The summed E-state index contributed by atoms with van der Waals surface area (Å²) < 4.78 is 6.78. The van der Waals surface area contributed by atoms with E-state index in [-0.39, 0.29) is 5.97 Å². The Kier molecular flexibility index (Phi) is 3.02. The molecule has 0 aliphatic rings. The maximum atomic E-state index is 11.4. The Bertz CT molecular complexity index is 509. The van der Waals surface area contributed by atoms with Gasteiger partial charge in [0, 0.05) is 0 Å². The highest BCUT2D eigenvalue weighted by molar-refractivity contribution is 9.11. The third-order valence-corrected chi connectivity index (χ3v) is 3.36. The number of hydrogen-bond donors (Lipinski definition) is 0. The maximum absolute atomic E-state index is 11.4. The molecule has 3 nitrogen and oxygen atoms in total. The van der Waals surface area contributed by atoms with Crippen LogP contribution in [0.4, 0.5) is 0 Å². The highest BCUT2D eigenvalue weighted by Crippen LogP contribution is 2.26. The van der Waals surface area contributed by atoms with Crippen molar-refractivity contribution in [1.82, 2.24) is 4.98 Å². The van der Waals surface area contributed by atoms with Crippen LogP contribution in [0.5, 0.6) is 0 Å². The molecular formula is C10H8BrNO2S. The minimum absolute atomic E-state index is 0.302. The van der Waals surface area contributed by atoms with E-state index in [4.69, 9.17) is 4.74 Å². The van der Waals surface area contributed by atoms with Crippen molar-refractivity contribution in [3.05, 3.63) is 27.7 Å². The highest BCUT2D eigenvalue weighted by atomic mass is 79.9. The van der Waals surface area contributed by atoms with Gasteiger partial charge in [0.1, 0.15) is 0 Å². The predicted molar refractivity (Wildman–Crippen MR) is 63.3 cm³/mol. The van der Waals surface area contributed by atoms with Crippen LogP contribution in [0.1, 0.15) is 17.3 Å². The molecule has 15 heavy (non-hydrogen) atoms. The topological polar surface area (TPSA) is 39.2 Å². The summed E-state index contributed by atoms with van der Waals surface area (Å²) in [5.41, 5.74) is 1.36. The molecule has 2 rings (SSSR count). The van der Waals surface area contributed by atoms with E-state index in [2.05, 4.69) is 20.9 Å². The molecule has 0 radical (unpaired) electrons. The fraction of sp³-hybridized carbons (Fsp3) is 0.200. The second-order valence-electron chi connectivity index (χ2n) is 2.87. The molecule has 0 aliphatic heterocycles. The number of hydrogen-bond acceptors (Lipinski definition) is 4. The Morgan fingerprint density at radius 2 is 2.40 bits per heavy atom. The third-order valence-electron chi connectivity index (χ3n) is 1.87. The first-order chi connectivity index (χ1) is 7.20. The minimum atomic E-state index is -0.302. The first-order valence-electron chi connectivity index (χ1n) is 4.44. The number of fused-ring (bicyclic) bond motifs is 1. The molecule has 0 bridgehead atoms. The Hall–Kier alpha value is -0.940. The summed E-state index contributed by atoms with van der Waals surface area (Å²) in [6, 6.07) is 5.38. The molecule has 0 amide bonds. The number of carbonyl (C=O) groups excluding carboxylic acids is 1. The lowest BCUT2D eigenvalue weighted by Gasteiger charge is -2.00. The first kappa shape index (κ1) is 10.6. The SMILES string of the molecule is CCOC(=O)c1ccc2sc(Br)nc2c1. The van der Waals surface area contributed by atoms with Crippen molar-refractivity contribution < 1.29 is 9.53 Å². The van der Waals surface area contributed by atoms with E-state index in [0.29, 0.717) is 12.2 Å². The molecule has 1 aromatic carbocycles. The van der Waals surface area contributed by atoms with Gasteiger partial charge in [-0.3, -0.25) is 0 Å². The van der Waals surface area contributed by atoms with Gasteiger partial charge < -0.3 is 4.74 Å². The molecule has 0 saturated heterocycles. The van der Waals surface area contributed by atoms with Gasteiger partial charge in [-0.05, 0) is 41.1 Å². The Balaban J connectivity index is 2.41. The van der Waals surface area contributed by atoms with E-state index in [9.17, 15) is 4.79 Å². The van der Waals surface area contributed by atoms with Crippen molar-refractivity contribution in [3.63, 3.8) is 0 Å². The molecule has 0 unspecified atom stereocenters. The average Bonchev–Trinajstić information content (AvgIpc) is 2.57. The van der Waals surface area contributed by atoms with Gasteiger partial charge in [-0.1, -0.05) is 0 Å². The first-order valence-corrected chi connectivity index (χ1v) is 6.05. The molecule has 1 heterocycles. The number of ether oxygens (including phenoxy) is 1. The zero-order valence-electron chi connectivity index (χ0n) is 7.99. The van der Waals surface area contributed by atoms with Crippen LogP contribution in [-0.2, 0) is 4.74 Å². The number of thiazole rings is 1. The van der Waals surface area contributed by atoms with Gasteiger partial charge >= 0.3 is 5.97 Å². The van der Waals surface area contributed by atoms with Crippen LogP contribution in [0.15, 0.2) is 22.1 Å². The lowest BCUT2D eigenvalue weighted by Crippen LogP contribution is -2.03. The highest BCUT2D eigenvalue weighted by Gasteiger charge is 2.09. The number of aromatic nitrogens is 1. The summed E-state index contributed by atoms with van der Waals surface area (Å²) in [5.74, 6) is -0.302. The van der Waals surface area contributed by atoms with Crippen molar-refractivity contribution in [2.45, 2.75) is 6.92 Å². The molecule has 0 atom stereocenters. The molecule has 78 valence electrons. The number of esters is 1. The summed E-state index contributed by atoms with van der Waals surface area (Å²) in [6.07, 6.45) is 0. The van der Waals surface area contributed by atoms with E-state index < -0.39 is 0 Å². The summed E-state index contributed by atoms with van der Waals surface area (Å²) >= 11 is 4.85. The number of rotatable bonds is 2. The van der Waals surface area contributed by atoms with Gasteiger partial charge in [0.15, 0.2) is 3.92 Å². The van der Waals surface area contributed by atoms with Crippen molar-refractivity contribution in [2.75, 3.05) is 6.61 Å². The summed E-state index contributed by atoms with van der Waals surface area (Å²) in [4.78, 5) is 15.7. The number of carbonyl (C=O) groups is 1. The van der Waals surface area contributed by atoms with Crippen molar-refractivity contribution >= 4 is 43.5 Å². The van der Waals surface area contributed by atoms with Crippen LogP contribution in [0.25, 0.3) is 10.2 Å². The summed E-state index contributed by atoms with van der Waals surface area (Å²) in [6.45, 7) is 2.17. The van der Waals surface area contributed by atoms with Gasteiger partial charge in [-0.25, -0.2) is 9.78 Å². The maximum Gasteiger partial charge on any atom is 0.338 e. The number of halogens is 1. The normalized spacial score (nSPS) is 10.5. The monoisotopic (exact) mass is 285 g/mol. The van der Waals surface area contributed by atoms with Crippen molar-refractivity contribution in [1.29, 1.82) is 0 Å². The van der Waals surface area contributed by atoms with Gasteiger partial charge in [0.2, 0.25) is 0 Å². The molecule has 1 aromatic heterocycles. The number of benzene rings is 1. The van der Waals surface area contributed by atoms with Crippen LogP contribution >= 0.6 is 27.3 Å². The van der Waals surface area contributed by atoms with Crippen LogP contribution in [-0.4, -0.2) is 17.6 Å². The van der Waals surface area contributed by atoms with E-state index in [1.54, 1.807) is 19.1 Å². The van der Waals surface area contributed by atoms with Crippen molar-refractivity contribution in [2.24, 2.45) is 0 Å². The van der Waals surface area contributed by atoms with Crippen LogP contribution in [0.3, 0.4) is 0 Å². The molecular weight excluding hydrogens is 278 g/mol. The largest absolute Gasteiger partial charge is 0.462 e. The zero-order valence-corrected chi connectivity index (χ0v) is 10.4. The molecule has 0 aliphatic carbocycles. The quantitative estimate of drug-likeness (QED) is 0.796. The standard InChI is InChI=1S/C10H8BrNO2S/c1-2-14-9(13)6-3-4-8-7(5-6)12-10(11)15-8/h3-5H,2H2,1H3. The van der Waals surface area contributed by atoms with Crippen molar-refractivity contribution in [3.8, 4) is 0 Å². The zero-order chi connectivity index (χ0) is 10.8. The van der Waals surface area contributed by atoms with Gasteiger partial charge in [0.05, 0.1) is 22.4 Å². The molecule has 0 N–H and O–H groups in total. The van der Waals surface area contributed by atoms with Crippen LogP contribution < -0.4 is 0 Å². The second kappa shape index (κ2) is 4.28. The van der Waals surface area contributed by atoms with E-state index in [1.807, 2.05) is 6.07 Å². The van der Waals surface area contributed by atoms with Gasteiger partial charge in [-0.2, -0.15) is 0 Å². The lowest BCUT2D eigenvalue weighted by atomic mass is 10.2. The molecule has 0 saturated carbocycles. The third kappa shape index (κ3) is 2.18. The Labute approximate surface area is 99.2 Å². The van der Waals surface area contributed by atoms with E-state index >= 15 is 0 Å². The number of nitrogens with zero attached hydrogens (tertiary/aromatic N) is 1. The molecule has 0 fully saturated rings. The fourth-order valence-corrected chi connectivity index (χ4v) is 2.63. The van der Waals surface area contributed by atoms with Gasteiger partial charge in [-0.15, -0.1) is 11.3 Å². The van der Waals surface area contributed by atoms with E-state index in [0.717, 1.165) is 14.1 Å². The Morgan fingerprint density at radius 3 is 3.13 bits per heavy atom. The Morgan fingerprint density at radius 1 is 1.60 bits per heavy atom. The predicted octanol–water partition coefficient (Wildman–Crippen LogP) is 3.24. The smallest absolute Gasteiger partial charge is 0.338 e. The minimum Gasteiger partial charge on any atom is -0.462 e. The average molecular weight is 286 g/mol. The second-order valence-corrected chi connectivity index (χ2v) is 5.18. The van der Waals surface area contributed by atoms with Crippen LogP contribution in [0.2, 0.25) is 0 Å².